The fraction of sp³-hybridized carbons (Fsp3) is 0.286. The predicted molar refractivity (Wildman–Crippen MR) is 110 cm³/mol. The maximum Gasteiger partial charge on any atom is 0.393 e. The third-order valence-corrected chi connectivity index (χ3v) is 5.13. The first kappa shape index (κ1) is 24.0. The van der Waals surface area contributed by atoms with Crippen molar-refractivity contribution in [3.8, 4) is 5.75 Å². The Bertz CT molecular complexity index is 1220. The van der Waals surface area contributed by atoms with Gasteiger partial charge in [-0.3, -0.25) is 14.6 Å². The van der Waals surface area contributed by atoms with Gasteiger partial charge in [-0.25, -0.2) is 4.39 Å². The number of amides is 1. The zero-order chi connectivity index (χ0) is 24.3. The van der Waals surface area contributed by atoms with Crippen molar-refractivity contribution in [1.29, 1.82) is 0 Å². The zero-order valence-corrected chi connectivity index (χ0v) is 17.2. The lowest BCUT2D eigenvalue weighted by atomic mass is 10.1. The lowest BCUT2D eigenvalue weighted by Gasteiger charge is -2.22. The van der Waals surface area contributed by atoms with Gasteiger partial charge in [0.25, 0.3) is 5.91 Å². The molecule has 1 fully saturated rings. The van der Waals surface area contributed by atoms with Crippen molar-refractivity contribution in [2.75, 3.05) is 25.1 Å². The van der Waals surface area contributed by atoms with Gasteiger partial charge in [0.15, 0.2) is 17.0 Å². The van der Waals surface area contributed by atoms with Gasteiger partial charge in [0, 0.05) is 31.5 Å². The third-order valence-electron chi connectivity index (χ3n) is 5.13. The molecule has 1 aliphatic rings. The number of nitrogens with one attached hydrogen (secondary N) is 1. The van der Waals surface area contributed by atoms with Crippen LogP contribution in [0.3, 0.4) is 0 Å². The average Bonchev–Trinajstić information content (AvgIpc) is 3.26. The number of halogens is 5. The van der Waals surface area contributed by atoms with E-state index in [-0.39, 0.29) is 47.5 Å². The van der Waals surface area contributed by atoms with Crippen molar-refractivity contribution in [2.45, 2.75) is 12.6 Å². The first-order valence-corrected chi connectivity index (χ1v) is 9.64. The topological polar surface area (TPSA) is 101 Å². The van der Waals surface area contributed by atoms with E-state index in [1.807, 2.05) is 0 Å². The molecule has 12 heteroatoms. The Balaban J connectivity index is 0.000000194. The smallest absolute Gasteiger partial charge is 0.393 e. The van der Waals surface area contributed by atoms with E-state index < -0.39 is 29.6 Å². The number of hydrogen-bond acceptors (Lipinski definition) is 5. The molecule has 0 aliphatic carbocycles. The van der Waals surface area contributed by atoms with Crippen LogP contribution in [0.25, 0.3) is 10.9 Å². The van der Waals surface area contributed by atoms with Crippen LogP contribution >= 0.6 is 0 Å². The summed E-state index contributed by atoms with van der Waals surface area (Å²) < 4.78 is 69.0. The molecule has 1 amide bonds. The van der Waals surface area contributed by atoms with Gasteiger partial charge in [0.2, 0.25) is 5.82 Å². The SMILES string of the molecule is COc1c(N2CCC(C(F)(F)F)C2)ccc(F)c1F.NC(=O)c1nccc2[nH]ccc(=O)c12. The third kappa shape index (κ3) is 5.04. The molecular weight excluding hydrogens is 451 g/mol. The van der Waals surface area contributed by atoms with E-state index in [1.54, 1.807) is 6.07 Å². The number of aromatic nitrogens is 2. The van der Waals surface area contributed by atoms with Gasteiger partial charge in [-0.15, -0.1) is 0 Å². The molecule has 1 saturated heterocycles. The average molecular weight is 470 g/mol. The van der Waals surface area contributed by atoms with E-state index >= 15 is 0 Å². The highest BCUT2D eigenvalue weighted by atomic mass is 19.4. The molecule has 1 aromatic carbocycles. The van der Waals surface area contributed by atoms with Crippen LogP contribution < -0.4 is 20.8 Å². The summed E-state index contributed by atoms with van der Waals surface area (Å²) in [5.41, 5.74) is 5.54. The highest BCUT2D eigenvalue weighted by Gasteiger charge is 2.44. The molecule has 7 nitrogen and oxygen atoms in total. The summed E-state index contributed by atoms with van der Waals surface area (Å²) in [7, 11) is 1.15. The summed E-state index contributed by atoms with van der Waals surface area (Å²) in [6.07, 6.45) is -1.40. The Hall–Kier alpha value is -3.70. The summed E-state index contributed by atoms with van der Waals surface area (Å²) in [6.45, 7) is -0.142. The van der Waals surface area contributed by atoms with Gasteiger partial charge in [-0.1, -0.05) is 0 Å². The molecule has 1 aliphatic heterocycles. The number of hydrogen-bond donors (Lipinski definition) is 2. The standard InChI is InChI=1S/C12H12F5NO.C9H7N3O2/c1-19-11-9(3-2-8(13)10(11)14)18-5-4-7(6-18)12(15,16)17;10-9(14)8-7-5(1-3-12-8)11-4-2-6(7)13/h2-3,7H,4-6H2,1H3;1-4H,(H2,10,14)(H,11,13). The largest absolute Gasteiger partial charge is 0.491 e. The number of anilines is 1. The predicted octanol–water partition coefficient (Wildman–Crippen LogP) is 3.38. The molecule has 0 bridgehead atoms. The number of benzene rings is 1. The highest BCUT2D eigenvalue weighted by molar-refractivity contribution is 6.03. The van der Waals surface area contributed by atoms with Gasteiger partial charge >= 0.3 is 6.18 Å². The maximum atomic E-state index is 13.5. The van der Waals surface area contributed by atoms with E-state index in [9.17, 15) is 31.5 Å². The second-order valence-electron chi connectivity index (χ2n) is 7.18. The Morgan fingerprint density at radius 1 is 1.24 bits per heavy atom. The molecule has 33 heavy (non-hydrogen) atoms. The second kappa shape index (κ2) is 9.43. The molecule has 1 unspecified atom stereocenters. The van der Waals surface area contributed by atoms with Crippen LogP contribution in [0.1, 0.15) is 16.9 Å². The van der Waals surface area contributed by atoms with Crippen LogP contribution in [0.15, 0.2) is 41.5 Å². The number of nitrogens with two attached hydrogens (primary N) is 1. The van der Waals surface area contributed by atoms with E-state index in [2.05, 4.69) is 9.97 Å². The number of ether oxygens (including phenoxy) is 1. The lowest BCUT2D eigenvalue weighted by molar-refractivity contribution is -0.168. The van der Waals surface area contributed by atoms with Gasteiger partial charge in [-0.05, 0) is 24.6 Å². The van der Waals surface area contributed by atoms with Crippen LogP contribution in [0.4, 0.5) is 27.6 Å². The first-order chi connectivity index (χ1) is 15.5. The minimum atomic E-state index is -4.28. The molecule has 3 aromatic rings. The summed E-state index contributed by atoms with van der Waals surface area (Å²) >= 11 is 0. The Morgan fingerprint density at radius 3 is 2.58 bits per heavy atom. The molecule has 1 atom stereocenters. The number of rotatable bonds is 3. The quantitative estimate of drug-likeness (QED) is 0.572. The highest BCUT2D eigenvalue weighted by Crippen LogP contribution is 2.39. The van der Waals surface area contributed by atoms with Crippen LogP contribution in [-0.4, -0.2) is 42.3 Å². The number of methoxy groups -OCH3 is 1. The number of alkyl halides is 3. The van der Waals surface area contributed by atoms with Crippen LogP contribution in [0.5, 0.6) is 5.75 Å². The van der Waals surface area contributed by atoms with Crippen LogP contribution in [0.2, 0.25) is 0 Å². The van der Waals surface area contributed by atoms with Crippen LogP contribution in [0, 0.1) is 17.6 Å². The molecule has 4 rings (SSSR count). The van der Waals surface area contributed by atoms with E-state index in [0.29, 0.717) is 5.52 Å². The fourth-order valence-electron chi connectivity index (χ4n) is 3.52. The summed E-state index contributed by atoms with van der Waals surface area (Å²) in [4.78, 5) is 30.4. The van der Waals surface area contributed by atoms with Crippen molar-refractivity contribution in [3.05, 3.63) is 64.2 Å². The second-order valence-corrected chi connectivity index (χ2v) is 7.18. The number of carbonyl (C=O) groups is 1. The number of pyridine rings is 2. The van der Waals surface area contributed by atoms with E-state index in [1.165, 1.54) is 29.4 Å². The molecule has 0 radical (unpaired) electrons. The van der Waals surface area contributed by atoms with Crippen molar-refractivity contribution >= 4 is 22.5 Å². The monoisotopic (exact) mass is 470 g/mol. The maximum absolute atomic E-state index is 13.5. The van der Waals surface area contributed by atoms with E-state index in [0.717, 1.165) is 13.2 Å². The summed E-state index contributed by atoms with van der Waals surface area (Å²) in [6, 6.07) is 5.06. The Kier molecular flexibility index (Phi) is 6.84. The van der Waals surface area contributed by atoms with E-state index in [4.69, 9.17) is 10.5 Å². The number of carbonyl (C=O) groups excluding carboxylic acids is 1. The summed E-state index contributed by atoms with van der Waals surface area (Å²) in [5, 5.41) is 0.238. The van der Waals surface area contributed by atoms with Crippen molar-refractivity contribution in [1.82, 2.24) is 9.97 Å². The van der Waals surface area contributed by atoms with Crippen molar-refractivity contribution in [3.63, 3.8) is 0 Å². The minimum Gasteiger partial charge on any atom is -0.491 e. The minimum absolute atomic E-state index is 0.00403. The Labute approximate surface area is 184 Å². The van der Waals surface area contributed by atoms with Crippen molar-refractivity contribution < 1.29 is 31.5 Å². The number of fused-ring (bicyclic) bond motifs is 1. The number of primary amides is 1. The number of H-pyrrole nitrogens is 1. The molecule has 0 saturated carbocycles. The number of nitrogens with zero attached hydrogens (tertiary/aromatic N) is 2. The molecular formula is C21H19F5N4O3. The lowest BCUT2D eigenvalue weighted by Crippen LogP contribution is -2.27. The summed E-state index contributed by atoms with van der Waals surface area (Å²) in [5.74, 6) is -4.79. The fourth-order valence-corrected chi connectivity index (χ4v) is 3.52. The molecule has 3 N–H and O–H groups in total. The van der Waals surface area contributed by atoms with Gasteiger partial charge in [0.05, 0.1) is 29.6 Å². The Morgan fingerprint density at radius 2 is 1.97 bits per heavy atom. The van der Waals surface area contributed by atoms with Crippen LogP contribution in [-0.2, 0) is 0 Å². The molecule has 176 valence electrons. The molecule has 3 heterocycles. The first-order valence-electron chi connectivity index (χ1n) is 9.64. The van der Waals surface area contributed by atoms with Gasteiger partial charge in [0.1, 0.15) is 5.69 Å². The van der Waals surface area contributed by atoms with Crippen molar-refractivity contribution in [2.24, 2.45) is 11.7 Å². The van der Waals surface area contributed by atoms with Gasteiger partial charge in [-0.2, -0.15) is 17.6 Å². The molecule has 2 aromatic heterocycles. The van der Waals surface area contributed by atoms with Gasteiger partial charge < -0.3 is 20.4 Å². The molecule has 0 spiro atoms. The normalized spacial score (nSPS) is 15.8. The number of aromatic amines is 1. The zero-order valence-electron chi connectivity index (χ0n) is 17.2.